The summed E-state index contributed by atoms with van der Waals surface area (Å²) in [5, 5.41) is 2.55. The van der Waals surface area contributed by atoms with Gasteiger partial charge in [-0.25, -0.2) is 9.59 Å². The number of esters is 1. The number of hydrogen-bond donors (Lipinski definition) is 3. The molecular weight excluding hydrogens is 318 g/mol. The van der Waals surface area contributed by atoms with Crippen LogP contribution in [0.1, 0.15) is 15.9 Å². The molecule has 0 unspecified atom stereocenters. The lowest BCUT2D eigenvalue weighted by Gasteiger charge is -2.11. The third kappa shape index (κ3) is 4.09. The minimum atomic E-state index is -1.03. The van der Waals surface area contributed by atoms with E-state index in [-0.39, 0.29) is 0 Å². The number of aromatic amines is 2. The first kappa shape index (κ1) is 17.0. The van der Waals surface area contributed by atoms with E-state index in [1.165, 1.54) is 7.11 Å². The highest BCUT2D eigenvalue weighted by molar-refractivity contribution is 5.96. The monoisotopic (exact) mass is 333 g/mol. The molecule has 0 saturated heterocycles. The lowest BCUT2D eigenvalue weighted by atomic mass is 10.2. The third-order valence-electron chi connectivity index (χ3n) is 3.00. The highest BCUT2D eigenvalue weighted by atomic mass is 16.5. The number of ether oxygens (including phenoxy) is 2. The number of amides is 1. The molecule has 1 amide bonds. The summed E-state index contributed by atoms with van der Waals surface area (Å²) in [6, 6.07) is 5.21. The van der Waals surface area contributed by atoms with Gasteiger partial charge in [-0.3, -0.25) is 14.6 Å². The summed E-state index contributed by atoms with van der Waals surface area (Å²) < 4.78 is 9.87. The number of nitrogens with one attached hydrogen (secondary N) is 3. The van der Waals surface area contributed by atoms with Crippen molar-refractivity contribution in [1.82, 2.24) is 9.97 Å². The molecule has 126 valence electrons. The van der Waals surface area contributed by atoms with Crippen molar-refractivity contribution in [2.24, 2.45) is 0 Å². The number of rotatable bonds is 5. The fourth-order valence-electron chi connectivity index (χ4n) is 1.88. The number of carbonyl (C=O) groups is 2. The summed E-state index contributed by atoms with van der Waals surface area (Å²) in [5.74, 6) is -1.18. The highest BCUT2D eigenvalue weighted by Gasteiger charge is 2.15. The van der Waals surface area contributed by atoms with Crippen molar-refractivity contribution in [2.45, 2.75) is 6.92 Å². The topological polar surface area (TPSA) is 130 Å². The summed E-state index contributed by atoms with van der Waals surface area (Å²) >= 11 is 0. The maximum atomic E-state index is 11.9. The van der Waals surface area contributed by atoms with Gasteiger partial charge in [0.1, 0.15) is 11.3 Å². The number of carbonyl (C=O) groups excluding carboxylic acids is 2. The van der Waals surface area contributed by atoms with E-state index >= 15 is 0 Å². The average Bonchev–Trinajstić information content (AvgIpc) is 2.53. The molecule has 24 heavy (non-hydrogen) atoms. The Labute approximate surface area is 135 Å². The molecule has 0 aliphatic carbocycles. The zero-order valence-electron chi connectivity index (χ0n) is 13.0. The first-order valence-electron chi connectivity index (χ1n) is 6.84. The standard InChI is InChI=1S/C15H15N3O6/c1-8-3-4-11(23-2)10(5-8)17-12(19)7-24-14(21)9-6-16-15(22)18-13(9)20/h3-6H,7H2,1-2H3,(H,17,19)(H2,16,18,20,22). The van der Waals surface area contributed by atoms with E-state index in [1.54, 1.807) is 12.1 Å². The Kier molecular flexibility index (Phi) is 5.15. The molecule has 0 aliphatic heterocycles. The van der Waals surface area contributed by atoms with Gasteiger partial charge in [0.2, 0.25) is 0 Å². The Morgan fingerprint density at radius 1 is 1.25 bits per heavy atom. The Bertz CT molecular complexity index is 883. The maximum absolute atomic E-state index is 11.9. The molecule has 3 N–H and O–H groups in total. The van der Waals surface area contributed by atoms with Crippen molar-refractivity contribution < 1.29 is 19.1 Å². The Morgan fingerprint density at radius 2 is 2.00 bits per heavy atom. The maximum Gasteiger partial charge on any atom is 0.345 e. The third-order valence-corrected chi connectivity index (χ3v) is 3.00. The van der Waals surface area contributed by atoms with Crippen molar-refractivity contribution in [3.8, 4) is 5.75 Å². The van der Waals surface area contributed by atoms with E-state index in [2.05, 4.69) is 10.3 Å². The van der Waals surface area contributed by atoms with Crippen LogP contribution in [0.2, 0.25) is 0 Å². The van der Waals surface area contributed by atoms with Gasteiger partial charge in [-0.05, 0) is 24.6 Å². The molecule has 9 heteroatoms. The van der Waals surface area contributed by atoms with Crippen LogP contribution in [0.15, 0.2) is 34.0 Å². The fourth-order valence-corrected chi connectivity index (χ4v) is 1.88. The van der Waals surface area contributed by atoms with Crippen molar-refractivity contribution in [3.63, 3.8) is 0 Å². The van der Waals surface area contributed by atoms with Gasteiger partial charge in [0.15, 0.2) is 6.61 Å². The Hall–Kier alpha value is -3.36. The number of aryl methyl sites for hydroxylation is 1. The minimum absolute atomic E-state index is 0.407. The molecule has 0 radical (unpaired) electrons. The molecule has 1 aromatic heterocycles. The molecule has 0 fully saturated rings. The van der Waals surface area contributed by atoms with Crippen LogP contribution < -0.4 is 21.3 Å². The van der Waals surface area contributed by atoms with Crippen molar-refractivity contribution in [2.75, 3.05) is 19.0 Å². The number of benzene rings is 1. The van der Waals surface area contributed by atoms with E-state index in [9.17, 15) is 19.2 Å². The average molecular weight is 333 g/mol. The first-order chi connectivity index (χ1) is 11.4. The van der Waals surface area contributed by atoms with E-state index in [0.717, 1.165) is 11.8 Å². The van der Waals surface area contributed by atoms with Crippen molar-refractivity contribution in [3.05, 3.63) is 56.4 Å². The second kappa shape index (κ2) is 7.27. The number of H-pyrrole nitrogens is 2. The van der Waals surface area contributed by atoms with Gasteiger partial charge < -0.3 is 19.8 Å². The molecule has 0 spiro atoms. The van der Waals surface area contributed by atoms with Crippen molar-refractivity contribution in [1.29, 1.82) is 0 Å². The molecule has 9 nitrogen and oxygen atoms in total. The van der Waals surface area contributed by atoms with Gasteiger partial charge in [0.05, 0.1) is 12.8 Å². The summed E-state index contributed by atoms with van der Waals surface area (Å²) in [7, 11) is 1.46. The van der Waals surface area contributed by atoms with E-state index in [0.29, 0.717) is 11.4 Å². The van der Waals surface area contributed by atoms with Gasteiger partial charge in [0.25, 0.3) is 11.5 Å². The number of methoxy groups -OCH3 is 1. The summed E-state index contributed by atoms with van der Waals surface area (Å²) in [6.45, 7) is 1.24. The molecule has 1 heterocycles. The van der Waals surface area contributed by atoms with Crippen LogP contribution in [0, 0.1) is 6.92 Å². The molecule has 1 aromatic carbocycles. The zero-order valence-corrected chi connectivity index (χ0v) is 13.0. The van der Waals surface area contributed by atoms with Crippen LogP contribution in [0.5, 0.6) is 5.75 Å². The van der Waals surface area contributed by atoms with Crippen molar-refractivity contribution >= 4 is 17.6 Å². The van der Waals surface area contributed by atoms with Crippen LogP contribution >= 0.6 is 0 Å². The molecule has 0 bridgehead atoms. The molecular formula is C15H15N3O6. The quantitative estimate of drug-likeness (QED) is 0.669. The van der Waals surface area contributed by atoms with Crippen LogP contribution in [0.4, 0.5) is 5.69 Å². The van der Waals surface area contributed by atoms with Gasteiger partial charge in [-0.1, -0.05) is 6.07 Å². The predicted octanol–water partition coefficient (Wildman–Crippen LogP) is 0.176. The SMILES string of the molecule is COc1ccc(C)cc1NC(=O)COC(=O)c1c[nH]c(=O)[nH]c1=O. The van der Waals surface area contributed by atoms with Crippen LogP contribution in [0.25, 0.3) is 0 Å². The van der Waals surface area contributed by atoms with Gasteiger partial charge in [0, 0.05) is 6.20 Å². The van der Waals surface area contributed by atoms with Gasteiger partial charge >= 0.3 is 11.7 Å². The van der Waals surface area contributed by atoms with Gasteiger partial charge in [-0.15, -0.1) is 0 Å². The smallest absolute Gasteiger partial charge is 0.345 e. The second-order valence-corrected chi connectivity index (χ2v) is 4.81. The molecule has 2 rings (SSSR count). The Balaban J connectivity index is 2.01. The normalized spacial score (nSPS) is 10.1. The van der Waals surface area contributed by atoms with Gasteiger partial charge in [-0.2, -0.15) is 0 Å². The van der Waals surface area contributed by atoms with E-state index < -0.39 is 35.3 Å². The minimum Gasteiger partial charge on any atom is -0.495 e. The summed E-state index contributed by atoms with van der Waals surface area (Å²) in [6.07, 6.45) is 0.922. The van der Waals surface area contributed by atoms with Crippen LogP contribution in [-0.2, 0) is 9.53 Å². The highest BCUT2D eigenvalue weighted by Crippen LogP contribution is 2.24. The largest absolute Gasteiger partial charge is 0.495 e. The van der Waals surface area contributed by atoms with E-state index in [4.69, 9.17) is 9.47 Å². The Morgan fingerprint density at radius 3 is 2.67 bits per heavy atom. The molecule has 0 saturated carbocycles. The fraction of sp³-hybridized carbons (Fsp3) is 0.200. The van der Waals surface area contributed by atoms with Crippen LogP contribution in [0.3, 0.4) is 0 Å². The molecule has 0 atom stereocenters. The zero-order chi connectivity index (χ0) is 17.7. The second-order valence-electron chi connectivity index (χ2n) is 4.81. The lowest BCUT2D eigenvalue weighted by molar-refractivity contribution is -0.119. The number of anilines is 1. The molecule has 0 aliphatic rings. The molecule has 2 aromatic rings. The first-order valence-corrected chi connectivity index (χ1v) is 6.84. The summed E-state index contributed by atoms with van der Waals surface area (Å²) in [4.78, 5) is 50.0. The lowest BCUT2D eigenvalue weighted by Crippen LogP contribution is -2.29. The van der Waals surface area contributed by atoms with E-state index in [1.807, 2.05) is 18.0 Å². The van der Waals surface area contributed by atoms with Crippen LogP contribution in [-0.4, -0.2) is 35.6 Å². The summed E-state index contributed by atoms with van der Waals surface area (Å²) in [5.41, 5.74) is -0.718. The number of hydrogen-bond acceptors (Lipinski definition) is 6. The number of aromatic nitrogens is 2. The predicted molar refractivity (Wildman–Crippen MR) is 84.3 cm³/mol.